The Bertz CT molecular complexity index is 791. The van der Waals surface area contributed by atoms with Gasteiger partial charge in [-0.3, -0.25) is 24.6 Å². The maximum atomic E-state index is 13.2. The number of unbranched alkanes of at least 4 members (excludes halogenated alkanes) is 2. The molecule has 2 fully saturated rings. The van der Waals surface area contributed by atoms with Crippen LogP contribution in [0.4, 0.5) is 0 Å². The highest BCUT2D eigenvalue weighted by molar-refractivity contribution is 6.09. The Morgan fingerprint density at radius 1 is 1.14 bits per heavy atom. The third-order valence-electron chi connectivity index (χ3n) is 6.12. The Morgan fingerprint density at radius 2 is 1.83 bits per heavy atom. The molecule has 2 saturated heterocycles. The summed E-state index contributed by atoms with van der Waals surface area (Å²) >= 11 is 0. The summed E-state index contributed by atoms with van der Waals surface area (Å²) in [5.74, 6) is -3.16. The molecular formula is C23H30N2O4. The molecule has 0 saturated carbocycles. The molecule has 156 valence electrons. The summed E-state index contributed by atoms with van der Waals surface area (Å²) in [5, 5.41) is 13.3. The fraction of sp³-hybridized carbons (Fsp3) is 0.522. The summed E-state index contributed by atoms with van der Waals surface area (Å²) in [5.41, 5.74) is -0.438. The number of carboxylic acids is 1. The Balaban J connectivity index is 1.98. The zero-order chi connectivity index (χ0) is 21.0. The minimum atomic E-state index is -1.40. The molecule has 2 aliphatic rings. The Morgan fingerprint density at radius 3 is 2.45 bits per heavy atom. The highest BCUT2D eigenvalue weighted by atomic mass is 16.4. The lowest BCUT2D eigenvalue weighted by molar-refractivity contribution is -0.151. The number of carbonyl (C=O) groups is 3. The number of fused-ring (bicyclic) bond motifs is 1. The molecule has 2 N–H and O–H groups in total. The normalized spacial score (nSPS) is 29.0. The quantitative estimate of drug-likeness (QED) is 0.624. The van der Waals surface area contributed by atoms with Crippen LogP contribution in [0.3, 0.4) is 0 Å². The van der Waals surface area contributed by atoms with Crippen LogP contribution in [-0.4, -0.2) is 45.9 Å². The van der Waals surface area contributed by atoms with E-state index in [4.69, 9.17) is 0 Å². The summed E-state index contributed by atoms with van der Waals surface area (Å²) in [6.07, 6.45) is 7.15. The smallest absolute Gasteiger partial charge is 0.324 e. The van der Waals surface area contributed by atoms with Crippen LogP contribution in [0, 0.1) is 11.8 Å². The molecule has 0 spiro atoms. The standard InChI is InChI=1S/C23H30N2O4/c1-3-5-14-23(22(28)29)19-18(20(26)25(21(19)27)15-6-4-2)17(24-23)13-12-16-10-8-7-9-11-16/h7-13,17-19,24H,3-6,14-15H2,1-2H3,(H,28,29)/b13-12+. The number of nitrogens with zero attached hydrogens (tertiary/aromatic N) is 1. The van der Waals surface area contributed by atoms with Crippen molar-refractivity contribution in [1.82, 2.24) is 10.2 Å². The number of aliphatic carboxylic acids is 1. The van der Waals surface area contributed by atoms with E-state index in [1.54, 1.807) is 0 Å². The monoisotopic (exact) mass is 398 g/mol. The molecule has 29 heavy (non-hydrogen) atoms. The minimum Gasteiger partial charge on any atom is -0.480 e. The number of hydrogen-bond acceptors (Lipinski definition) is 4. The third-order valence-corrected chi connectivity index (χ3v) is 6.12. The fourth-order valence-electron chi connectivity index (χ4n) is 4.58. The number of benzene rings is 1. The molecule has 0 bridgehead atoms. The predicted octanol–water partition coefficient (Wildman–Crippen LogP) is 3.09. The molecule has 6 heteroatoms. The van der Waals surface area contributed by atoms with Crippen LogP contribution in [0.5, 0.6) is 0 Å². The number of likely N-dealkylation sites (tertiary alicyclic amines) is 1. The molecule has 4 unspecified atom stereocenters. The first-order valence-corrected chi connectivity index (χ1v) is 10.6. The predicted molar refractivity (Wildman–Crippen MR) is 111 cm³/mol. The van der Waals surface area contributed by atoms with Crippen molar-refractivity contribution < 1.29 is 19.5 Å². The molecule has 2 heterocycles. The van der Waals surface area contributed by atoms with Crippen LogP contribution in [0.15, 0.2) is 36.4 Å². The molecule has 6 nitrogen and oxygen atoms in total. The number of carbonyl (C=O) groups excluding carboxylic acids is 2. The van der Waals surface area contributed by atoms with Gasteiger partial charge >= 0.3 is 5.97 Å². The Kier molecular flexibility index (Phi) is 6.52. The summed E-state index contributed by atoms with van der Waals surface area (Å²) in [6.45, 7) is 4.35. The summed E-state index contributed by atoms with van der Waals surface area (Å²) in [4.78, 5) is 40.0. The van der Waals surface area contributed by atoms with E-state index in [1.807, 2.05) is 56.3 Å². The van der Waals surface area contributed by atoms with Gasteiger partial charge in [-0.15, -0.1) is 0 Å². The number of carboxylic acid groups (broad SMARTS) is 1. The van der Waals surface area contributed by atoms with Crippen LogP contribution in [-0.2, 0) is 14.4 Å². The van der Waals surface area contributed by atoms with Crippen LogP contribution < -0.4 is 5.32 Å². The topological polar surface area (TPSA) is 86.7 Å². The van der Waals surface area contributed by atoms with Crippen molar-refractivity contribution >= 4 is 23.9 Å². The van der Waals surface area contributed by atoms with Crippen LogP contribution in [0.1, 0.15) is 51.5 Å². The second-order valence-electron chi connectivity index (χ2n) is 8.01. The number of imide groups is 1. The average molecular weight is 399 g/mol. The largest absolute Gasteiger partial charge is 0.480 e. The number of nitrogens with one attached hydrogen (secondary N) is 1. The molecule has 1 aromatic carbocycles. The van der Waals surface area contributed by atoms with Gasteiger partial charge in [-0.2, -0.15) is 0 Å². The molecule has 3 rings (SSSR count). The second-order valence-corrected chi connectivity index (χ2v) is 8.01. The average Bonchev–Trinajstić information content (AvgIpc) is 3.18. The lowest BCUT2D eigenvalue weighted by atomic mass is 9.77. The van der Waals surface area contributed by atoms with Crippen molar-refractivity contribution in [2.45, 2.75) is 57.5 Å². The second kappa shape index (κ2) is 8.91. The van der Waals surface area contributed by atoms with E-state index in [1.165, 1.54) is 4.90 Å². The van der Waals surface area contributed by atoms with Gasteiger partial charge in [0.15, 0.2) is 0 Å². The van der Waals surface area contributed by atoms with E-state index in [-0.39, 0.29) is 11.8 Å². The number of rotatable bonds is 9. The van der Waals surface area contributed by atoms with Crippen molar-refractivity contribution in [1.29, 1.82) is 0 Å². The van der Waals surface area contributed by atoms with E-state index >= 15 is 0 Å². The first-order valence-electron chi connectivity index (χ1n) is 10.6. The summed E-state index contributed by atoms with van der Waals surface area (Å²) in [7, 11) is 0. The zero-order valence-corrected chi connectivity index (χ0v) is 17.1. The van der Waals surface area contributed by atoms with E-state index in [0.29, 0.717) is 19.4 Å². The highest BCUT2D eigenvalue weighted by Crippen LogP contribution is 2.46. The van der Waals surface area contributed by atoms with Crippen molar-refractivity contribution in [3.63, 3.8) is 0 Å². The molecular weight excluding hydrogens is 368 g/mol. The Labute approximate surface area is 172 Å². The molecule has 1 aromatic rings. The summed E-state index contributed by atoms with van der Waals surface area (Å²) < 4.78 is 0. The van der Waals surface area contributed by atoms with Gasteiger partial charge in [0.2, 0.25) is 11.8 Å². The maximum absolute atomic E-state index is 13.2. The lowest BCUT2D eigenvalue weighted by Gasteiger charge is -2.30. The van der Waals surface area contributed by atoms with Gasteiger partial charge in [-0.05, 0) is 18.4 Å². The van der Waals surface area contributed by atoms with Crippen molar-refractivity contribution in [2.75, 3.05) is 6.54 Å². The lowest BCUT2D eigenvalue weighted by Crippen LogP contribution is -2.56. The molecule has 0 aromatic heterocycles. The van der Waals surface area contributed by atoms with E-state index in [0.717, 1.165) is 24.8 Å². The Hall–Kier alpha value is -2.47. The minimum absolute atomic E-state index is 0.247. The molecule has 0 radical (unpaired) electrons. The summed E-state index contributed by atoms with van der Waals surface area (Å²) in [6, 6.07) is 9.16. The molecule has 2 aliphatic heterocycles. The van der Waals surface area contributed by atoms with E-state index < -0.39 is 29.4 Å². The van der Waals surface area contributed by atoms with Gasteiger partial charge in [0.05, 0.1) is 11.8 Å². The number of amides is 2. The third kappa shape index (κ3) is 3.86. The van der Waals surface area contributed by atoms with Crippen LogP contribution in [0.25, 0.3) is 6.08 Å². The van der Waals surface area contributed by atoms with E-state index in [9.17, 15) is 19.5 Å². The molecule has 2 amide bonds. The van der Waals surface area contributed by atoms with Gasteiger partial charge < -0.3 is 5.11 Å². The fourth-order valence-corrected chi connectivity index (χ4v) is 4.58. The highest BCUT2D eigenvalue weighted by Gasteiger charge is 2.67. The first-order chi connectivity index (χ1) is 14.0. The van der Waals surface area contributed by atoms with Crippen LogP contribution in [0.2, 0.25) is 0 Å². The molecule has 4 atom stereocenters. The number of hydrogen-bond donors (Lipinski definition) is 2. The molecule has 0 aliphatic carbocycles. The van der Waals surface area contributed by atoms with Gasteiger partial charge in [0, 0.05) is 12.6 Å². The zero-order valence-electron chi connectivity index (χ0n) is 17.1. The van der Waals surface area contributed by atoms with Crippen LogP contribution >= 0.6 is 0 Å². The van der Waals surface area contributed by atoms with Gasteiger partial charge in [-0.25, -0.2) is 0 Å². The van der Waals surface area contributed by atoms with E-state index in [2.05, 4.69) is 5.32 Å². The van der Waals surface area contributed by atoms with Crippen molar-refractivity contribution in [3.05, 3.63) is 42.0 Å². The van der Waals surface area contributed by atoms with Crippen molar-refractivity contribution in [3.8, 4) is 0 Å². The van der Waals surface area contributed by atoms with Gasteiger partial charge in [-0.1, -0.05) is 75.6 Å². The van der Waals surface area contributed by atoms with Crippen molar-refractivity contribution in [2.24, 2.45) is 11.8 Å². The van der Waals surface area contributed by atoms with Gasteiger partial charge in [0.1, 0.15) is 5.54 Å². The van der Waals surface area contributed by atoms with Gasteiger partial charge in [0.25, 0.3) is 0 Å². The first kappa shape index (κ1) is 21.2. The SMILES string of the molecule is CCCCN1C(=O)C2C(/C=C/c3ccccc3)NC(CCCC)(C(=O)O)C2C1=O. The maximum Gasteiger partial charge on any atom is 0.324 e.